The number of carbonyl (C=O) groups is 2. The van der Waals surface area contributed by atoms with Crippen LogP contribution in [0.1, 0.15) is 22.6 Å². The van der Waals surface area contributed by atoms with Gasteiger partial charge in [-0.25, -0.2) is 4.79 Å². The molecule has 0 aliphatic heterocycles. The van der Waals surface area contributed by atoms with Crippen LogP contribution in [0.4, 0.5) is 0 Å². The van der Waals surface area contributed by atoms with E-state index in [9.17, 15) is 14.7 Å². The minimum atomic E-state index is -1.04. The first kappa shape index (κ1) is 18.1. The summed E-state index contributed by atoms with van der Waals surface area (Å²) in [5.41, 5.74) is 2.66. The van der Waals surface area contributed by atoms with Gasteiger partial charge in [-0.15, -0.1) is 11.8 Å². The molecular formula is C17H20N2O4S. The summed E-state index contributed by atoms with van der Waals surface area (Å²) >= 11 is 1.40. The van der Waals surface area contributed by atoms with Gasteiger partial charge in [-0.1, -0.05) is 35.5 Å². The highest BCUT2D eigenvalue weighted by atomic mass is 32.2. The smallest absolute Gasteiger partial charge is 0.326 e. The first-order chi connectivity index (χ1) is 11.5. The number of carboxylic acids is 1. The highest BCUT2D eigenvalue weighted by molar-refractivity contribution is 7.99. The number of hydrogen-bond donors (Lipinski definition) is 2. The minimum absolute atomic E-state index is 0.183. The number of aliphatic carboxylic acids is 1. The van der Waals surface area contributed by atoms with Crippen molar-refractivity contribution in [2.75, 3.05) is 5.75 Å². The number of thioether (sulfide) groups is 1. The number of benzene rings is 1. The van der Waals surface area contributed by atoms with Crippen molar-refractivity contribution < 1.29 is 19.2 Å². The Morgan fingerprint density at radius 1 is 1.29 bits per heavy atom. The zero-order valence-corrected chi connectivity index (χ0v) is 14.4. The van der Waals surface area contributed by atoms with Crippen molar-refractivity contribution in [1.82, 2.24) is 10.5 Å². The molecule has 0 fully saturated rings. The van der Waals surface area contributed by atoms with E-state index in [-0.39, 0.29) is 18.1 Å². The van der Waals surface area contributed by atoms with Crippen LogP contribution in [0.25, 0.3) is 0 Å². The maximum Gasteiger partial charge on any atom is 0.326 e. The first-order valence-electron chi connectivity index (χ1n) is 7.53. The Hall–Kier alpha value is -2.28. The van der Waals surface area contributed by atoms with E-state index in [1.807, 2.05) is 44.2 Å². The van der Waals surface area contributed by atoms with Gasteiger partial charge in [-0.05, 0) is 19.4 Å². The van der Waals surface area contributed by atoms with Gasteiger partial charge in [0.25, 0.3) is 0 Å². The van der Waals surface area contributed by atoms with E-state index in [0.29, 0.717) is 5.75 Å². The molecular weight excluding hydrogens is 328 g/mol. The summed E-state index contributed by atoms with van der Waals surface area (Å²) < 4.78 is 5.07. The molecule has 1 atom stereocenters. The van der Waals surface area contributed by atoms with Crippen LogP contribution < -0.4 is 5.32 Å². The molecule has 0 aliphatic rings. The SMILES string of the molecule is Cc1noc(C)c1CSCC(=O)NC(Cc1ccccc1)C(=O)O. The van der Waals surface area contributed by atoms with E-state index >= 15 is 0 Å². The van der Waals surface area contributed by atoms with E-state index < -0.39 is 12.0 Å². The number of nitrogens with zero attached hydrogens (tertiary/aromatic N) is 1. The van der Waals surface area contributed by atoms with Crippen LogP contribution in [-0.4, -0.2) is 33.9 Å². The van der Waals surface area contributed by atoms with Gasteiger partial charge in [0.05, 0.1) is 11.4 Å². The summed E-state index contributed by atoms with van der Waals surface area (Å²) in [7, 11) is 0. The number of nitrogens with one attached hydrogen (secondary N) is 1. The fourth-order valence-corrected chi connectivity index (χ4v) is 3.23. The Morgan fingerprint density at radius 3 is 2.58 bits per heavy atom. The predicted molar refractivity (Wildman–Crippen MR) is 91.9 cm³/mol. The standard InChI is InChI=1S/C17H20N2O4S/c1-11-14(12(2)23-19-11)9-24-10-16(20)18-15(17(21)22)8-13-6-4-3-5-7-13/h3-7,15H,8-10H2,1-2H3,(H,18,20)(H,21,22). The van der Waals surface area contributed by atoms with Crippen LogP contribution in [0, 0.1) is 13.8 Å². The molecule has 1 aromatic carbocycles. The van der Waals surface area contributed by atoms with Crippen molar-refractivity contribution >= 4 is 23.6 Å². The van der Waals surface area contributed by atoms with Crippen LogP contribution in [0.2, 0.25) is 0 Å². The van der Waals surface area contributed by atoms with Gasteiger partial charge in [-0.2, -0.15) is 0 Å². The van der Waals surface area contributed by atoms with Crippen molar-refractivity contribution in [2.24, 2.45) is 0 Å². The number of aromatic nitrogens is 1. The number of amides is 1. The molecule has 6 nitrogen and oxygen atoms in total. The topological polar surface area (TPSA) is 92.4 Å². The lowest BCUT2D eigenvalue weighted by Gasteiger charge is -2.14. The summed E-state index contributed by atoms with van der Waals surface area (Å²) in [5.74, 6) is 0.194. The van der Waals surface area contributed by atoms with Gasteiger partial charge >= 0.3 is 5.97 Å². The van der Waals surface area contributed by atoms with E-state index in [0.717, 1.165) is 22.6 Å². The molecule has 1 aromatic heterocycles. The molecule has 0 saturated heterocycles. The number of carboxylic acid groups (broad SMARTS) is 1. The predicted octanol–water partition coefficient (Wildman–Crippen LogP) is 2.34. The molecule has 1 amide bonds. The molecule has 0 spiro atoms. The quantitative estimate of drug-likeness (QED) is 0.761. The normalized spacial score (nSPS) is 11.9. The van der Waals surface area contributed by atoms with Crippen LogP contribution in [0.5, 0.6) is 0 Å². The van der Waals surface area contributed by atoms with Crippen LogP contribution in [0.3, 0.4) is 0 Å². The van der Waals surface area contributed by atoms with Crippen molar-refractivity contribution in [3.05, 3.63) is 52.9 Å². The molecule has 24 heavy (non-hydrogen) atoms. The molecule has 1 unspecified atom stereocenters. The fourth-order valence-electron chi connectivity index (χ4n) is 2.24. The van der Waals surface area contributed by atoms with Gasteiger partial charge in [-0.3, -0.25) is 4.79 Å². The molecule has 0 aliphatic carbocycles. The van der Waals surface area contributed by atoms with E-state index in [4.69, 9.17) is 4.52 Å². The Morgan fingerprint density at radius 2 is 2.00 bits per heavy atom. The van der Waals surface area contributed by atoms with Crippen LogP contribution in [0.15, 0.2) is 34.9 Å². The lowest BCUT2D eigenvalue weighted by Crippen LogP contribution is -2.43. The first-order valence-corrected chi connectivity index (χ1v) is 8.68. The van der Waals surface area contributed by atoms with Crippen molar-refractivity contribution in [2.45, 2.75) is 32.1 Å². The van der Waals surface area contributed by atoms with Crippen molar-refractivity contribution in [3.8, 4) is 0 Å². The lowest BCUT2D eigenvalue weighted by molar-refractivity contribution is -0.141. The van der Waals surface area contributed by atoms with E-state index in [1.54, 1.807) is 0 Å². The third kappa shape index (κ3) is 5.13. The zero-order valence-electron chi connectivity index (χ0n) is 13.6. The Labute approximate surface area is 144 Å². The van der Waals surface area contributed by atoms with Gasteiger partial charge in [0.15, 0.2) is 0 Å². The molecule has 1 heterocycles. The summed E-state index contributed by atoms with van der Waals surface area (Å²) in [6.45, 7) is 3.68. The molecule has 128 valence electrons. The van der Waals surface area contributed by atoms with Crippen LogP contribution >= 0.6 is 11.8 Å². The van der Waals surface area contributed by atoms with Gasteiger partial charge < -0.3 is 14.9 Å². The maximum atomic E-state index is 12.0. The fraction of sp³-hybridized carbons (Fsp3) is 0.353. The largest absolute Gasteiger partial charge is 0.480 e. The molecule has 0 saturated carbocycles. The third-order valence-electron chi connectivity index (χ3n) is 3.58. The summed E-state index contributed by atoms with van der Waals surface area (Å²) in [6, 6.07) is 8.30. The minimum Gasteiger partial charge on any atom is -0.480 e. The summed E-state index contributed by atoms with van der Waals surface area (Å²) in [6.07, 6.45) is 0.260. The Bertz CT molecular complexity index is 680. The second kappa shape index (κ2) is 8.54. The average molecular weight is 348 g/mol. The molecule has 2 aromatic rings. The average Bonchev–Trinajstić information content (AvgIpc) is 2.87. The third-order valence-corrected chi connectivity index (χ3v) is 4.54. The molecule has 0 bridgehead atoms. The number of aryl methyl sites for hydroxylation is 2. The highest BCUT2D eigenvalue weighted by Crippen LogP contribution is 2.19. The maximum absolute atomic E-state index is 12.0. The second-order valence-electron chi connectivity index (χ2n) is 5.44. The lowest BCUT2D eigenvalue weighted by atomic mass is 10.1. The number of carbonyl (C=O) groups excluding carboxylic acids is 1. The molecule has 7 heteroatoms. The number of hydrogen-bond acceptors (Lipinski definition) is 5. The molecule has 2 N–H and O–H groups in total. The van der Waals surface area contributed by atoms with Crippen LogP contribution in [-0.2, 0) is 21.8 Å². The van der Waals surface area contributed by atoms with Crippen molar-refractivity contribution in [1.29, 1.82) is 0 Å². The molecule has 2 rings (SSSR count). The van der Waals surface area contributed by atoms with E-state index in [1.165, 1.54) is 11.8 Å². The molecule has 0 radical (unpaired) electrons. The van der Waals surface area contributed by atoms with Gasteiger partial charge in [0, 0.05) is 17.7 Å². The summed E-state index contributed by atoms with van der Waals surface area (Å²) in [5, 5.41) is 15.7. The number of rotatable bonds is 8. The monoisotopic (exact) mass is 348 g/mol. The van der Waals surface area contributed by atoms with Crippen molar-refractivity contribution in [3.63, 3.8) is 0 Å². The highest BCUT2D eigenvalue weighted by Gasteiger charge is 2.20. The van der Waals surface area contributed by atoms with E-state index in [2.05, 4.69) is 10.5 Å². The Balaban J connectivity index is 1.83. The Kier molecular flexibility index (Phi) is 6.43. The zero-order chi connectivity index (χ0) is 17.5. The second-order valence-corrected chi connectivity index (χ2v) is 6.43. The van der Waals surface area contributed by atoms with Gasteiger partial charge in [0.2, 0.25) is 5.91 Å². The summed E-state index contributed by atoms with van der Waals surface area (Å²) in [4.78, 5) is 23.4. The van der Waals surface area contributed by atoms with Gasteiger partial charge in [0.1, 0.15) is 11.8 Å².